The summed E-state index contributed by atoms with van der Waals surface area (Å²) in [4.78, 5) is 0. The molecule has 80 valence electrons. The van der Waals surface area contributed by atoms with Crippen molar-refractivity contribution >= 4 is 15.9 Å². The summed E-state index contributed by atoms with van der Waals surface area (Å²) in [6, 6.07) is 0.350. The van der Waals surface area contributed by atoms with Gasteiger partial charge in [-0.15, -0.1) is 0 Å². The minimum atomic E-state index is 0.350. The average Bonchev–Trinajstić information content (AvgIpc) is 2.48. The number of aromatic nitrogens is 2. The standard InChI is InChI=1S/C10H18BrN3/c1-4-6-14-10(8(3)12-5-2)9(11)7-13-14/h7-8,12H,4-6H2,1-3H3. The van der Waals surface area contributed by atoms with E-state index in [2.05, 4.69) is 51.8 Å². The molecular weight excluding hydrogens is 242 g/mol. The van der Waals surface area contributed by atoms with Crippen molar-refractivity contribution < 1.29 is 0 Å². The predicted octanol–water partition coefficient (Wildman–Crippen LogP) is 2.73. The van der Waals surface area contributed by atoms with Crippen LogP contribution >= 0.6 is 15.9 Å². The van der Waals surface area contributed by atoms with E-state index >= 15 is 0 Å². The second kappa shape index (κ2) is 5.51. The van der Waals surface area contributed by atoms with Gasteiger partial charge in [-0.3, -0.25) is 4.68 Å². The summed E-state index contributed by atoms with van der Waals surface area (Å²) in [7, 11) is 0. The molecule has 0 saturated carbocycles. The van der Waals surface area contributed by atoms with Gasteiger partial charge in [0, 0.05) is 12.6 Å². The maximum absolute atomic E-state index is 4.34. The Morgan fingerprint density at radius 2 is 2.29 bits per heavy atom. The van der Waals surface area contributed by atoms with Gasteiger partial charge in [0.25, 0.3) is 0 Å². The summed E-state index contributed by atoms with van der Waals surface area (Å²) >= 11 is 3.53. The van der Waals surface area contributed by atoms with Crippen LogP contribution in [0.2, 0.25) is 0 Å². The van der Waals surface area contributed by atoms with Crippen molar-refractivity contribution in [3.8, 4) is 0 Å². The van der Waals surface area contributed by atoms with Gasteiger partial charge in [-0.05, 0) is 35.8 Å². The van der Waals surface area contributed by atoms with Crippen LogP contribution in [0.4, 0.5) is 0 Å². The van der Waals surface area contributed by atoms with Crippen molar-refractivity contribution in [1.29, 1.82) is 0 Å². The number of halogens is 1. The Bertz CT molecular complexity index is 283. The van der Waals surface area contributed by atoms with Crippen molar-refractivity contribution in [3.05, 3.63) is 16.4 Å². The second-order valence-electron chi connectivity index (χ2n) is 3.38. The number of nitrogens with one attached hydrogen (secondary N) is 1. The Hall–Kier alpha value is -0.350. The van der Waals surface area contributed by atoms with Gasteiger partial charge in [-0.1, -0.05) is 13.8 Å². The lowest BCUT2D eigenvalue weighted by Gasteiger charge is -2.15. The smallest absolute Gasteiger partial charge is 0.0692 e. The maximum Gasteiger partial charge on any atom is 0.0692 e. The molecule has 0 saturated heterocycles. The molecule has 1 aromatic heterocycles. The van der Waals surface area contributed by atoms with Crippen LogP contribution in [-0.4, -0.2) is 16.3 Å². The molecule has 1 rings (SSSR count). The molecule has 14 heavy (non-hydrogen) atoms. The van der Waals surface area contributed by atoms with Crippen molar-refractivity contribution in [2.75, 3.05) is 6.54 Å². The van der Waals surface area contributed by atoms with Crippen LogP contribution in [0.5, 0.6) is 0 Å². The molecule has 1 heterocycles. The molecule has 0 aliphatic heterocycles. The molecule has 1 aromatic rings. The quantitative estimate of drug-likeness (QED) is 0.882. The summed E-state index contributed by atoms with van der Waals surface area (Å²) in [6.07, 6.45) is 2.98. The third-order valence-electron chi connectivity index (χ3n) is 2.19. The molecule has 1 atom stereocenters. The average molecular weight is 260 g/mol. The molecule has 3 nitrogen and oxygen atoms in total. The molecule has 0 aromatic carbocycles. The molecule has 4 heteroatoms. The second-order valence-corrected chi connectivity index (χ2v) is 4.23. The van der Waals surface area contributed by atoms with Gasteiger partial charge in [0.2, 0.25) is 0 Å². The zero-order valence-corrected chi connectivity index (χ0v) is 10.6. The maximum atomic E-state index is 4.34. The third-order valence-corrected chi connectivity index (χ3v) is 2.80. The summed E-state index contributed by atoms with van der Waals surface area (Å²) in [6.45, 7) is 8.40. The fraction of sp³-hybridized carbons (Fsp3) is 0.700. The SMILES string of the molecule is CCCn1ncc(Br)c1C(C)NCC. The van der Waals surface area contributed by atoms with E-state index in [1.54, 1.807) is 0 Å². The van der Waals surface area contributed by atoms with Crippen LogP contribution < -0.4 is 5.32 Å². The van der Waals surface area contributed by atoms with Gasteiger partial charge >= 0.3 is 0 Å². The van der Waals surface area contributed by atoms with Crippen molar-refractivity contribution in [3.63, 3.8) is 0 Å². The minimum Gasteiger partial charge on any atom is -0.309 e. The summed E-state index contributed by atoms with van der Waals surface area (Å²) in [5.74, 6) is 0. The lowest BCUT2D eigenvalue weighted by atomic mass is 10.2. The van der Waals surface area contributed by atoms with Gasteiger partial charge in [0.05, 0.1) is 16.4 Å². The zero-order valence-electron chi connectivity index (χ0n) is 9.05. The van der Waals surface area contributed by atoms with E-state index < -0.39 is 0 Å². The van der Waals surface area contributed by atoms with Crippen molar-refractivity contribution in [1.82, 2.24) is 15.1 Å². The Labute approximate surface area is 94.0 Å². The normalized spacial score (nSPS) is 13.1. The molecule has 0 radical (unpaired) electrons. The molecule has 0 bridgehead atoms. The first-order valence-electron chi connectivity index (χ1n) is 5.15. The van der Waals surface area contributed by atoms with Gasteiger partial charge in [-0.2, -0.15) is 5.10 Å². The number of hydrogen-bond donors (Lipinski definition) is 1. The molecule has 0 amide bonds. The molecule has 0 aliphatic carbocycles. The number of hydrogen-bond acceptors (Lipinski definition) is 2. The van der Waals surface area contributed by atoms with E-state index in [4.69, 9.17) is 0 Å². The van der Waals surface area contributed by atoms with Crippen molar-refractivity contribution in [2.45, 2.75) is 39.8 Å². The Morgan fingerprint density at radius 1 is 1.57 bits per heavy atom. The Kier molecular flexibility index (Phi) is 4.62. The van der Waals surface area contributed by atoms with Crippen LogP contribution in [0.3, 0.4) is 0 Å². The highest BCUT2D eigenvalue weighted by atomic mass is 79.9. The first kappa shape index (κ1) is 11.7. The highest BCUT2D eigenvalue weighted by molar-refractivity contribution is 9.10. The summed E-state index contributed by atoms with van der Waals surface area (Å²) in [5, 5.41) is 7.74. The monoisotopic (exact) mass is 259 g/mol. The van der Waals surface area contributed by atoms with E-state index in [1.807, 2.05) is 6.20 Å². The summed E-state index contributed by atoms with van der Waals surface area (Å²) < 4.78 is 3.16. The minimum absolute atomic E-state index is 0.350. The highest BCUT2D eigenvalue weighted by Gasteiger charge is 2.14. The van der Waals surface area contributed by atoms with E-state index in [1.165, 1.54) is 5.69 Å². The van der Waals surface area contributed by atoms with Crippen LogP contribution in [-0.2, 0) is 6.54 Å². The van der Waals surface area contributed by atoms with Crippen LogP contribution in [0.15, 0.2) is 10.7 Å². The fourth-order valence-corrected chi connectivity index (χ4v) is 2.23. The lowest BCUT2D eigenvalue weighted by molar-refractivity contribution is 0.502. The zero-order chi connectivity index (χ0) is 10.6. The summed E-state index contributed by atoms with van der Waals surface area (Å²) in [5.41, 5.74) is 1.24. The number of rotatable bonds is 5. The molecule has 1 unspecified atom stereocenters. The Balaban J connectivity index is 2.86. The highest BCUT2D eigenvalue weighted by Crippen LogP contribution is 2.22. The molecular formula is C10H18BrN3. The third kappa shape index (κ3) is 2.58. The van der Waals surface area contributed by atoms with Crippen molar-refractivity contribution in [2.24, 2.45) is 0 Å². The van der Waals surface area contributed by atoms with E-state index in [0.717, 1.165) is 24.0 Å². The molecule has 0 spiro atoms. The Morgan fingerprint density at radius 3 is 2.86 bits per heavy atom. The van der Waals surface area contributed by atoms with Gasteiger partial charge < -0.3 is 5.32 Å². The predicted molar refractivity (Wildman–Crippen MR) is 62.3 cm³/mol. The van der Waals surface area contributed by atoms with Crippen LogP contribution in [0.1, 0.15) is 38.9 Å². The van der Waals surface area contributed by atoms with E-state index in [-0.39, 0.29) is 0 Å². The van der Waals surface area contributed by atoms with Crippen LogP contribution in [0, 0.1) is 0 Å². The van der Waals surface area contributed by atoms with E-state index in [0.29, 0.717) is 6.04 Å². The molecule has 0 fully saturated rings. The lowest BCUT2D eigenvalue weighted by Crippen LogP contribution is -2.21. The van der Waals surface area contributed by atoms with Gasteiger partial charge in [0.1, 0.15) is 0 Å². The van der Waals surface area contributed by atoms with Gasteiger partial charge in [-0.25, -0.2) is 0 Å². The largest absolute Gasteiger partial charge is 0.309 e. The topological polar surface area (TPSA) is 29.9 Å². The van der Waals surface area contributed by atoms with Crippen LogP contribution in [0.25, 0.3) is 0 Å². The van der Waals surface area contributed by atoms with E-state index in [9.17, 15) is 0 Å². The first-order chi connectivity index (χ1) is 6.70. The molecule has 0 aliphatic rings. The van der Waals surface area contributed by atoms with Gasteiger partial charge in [0.15, 0.2) is 0 Å². The number of aryl methyl sites for hydroxylation is 1. The molecule has 1 N–H and O–H groups in total. The number of nitrogens with zero attached hydrogens (tertiary/aromatic N) is 2. The fourth-order valence-electron chi connectivity index (χ4n) is 1.60. The first-order valence-corrected chi connectivity index (χ1v) is 5.94.